The number of fused-ring (bicyclic) bond motifs is 1. The smallest absolute Gasteiger partial charge is 0.341 e. The molecule has 3 aromatic rings. The number of hydrogen-bond acceptors (Lipinski definition) is 6. The summed E-state index contributed by atoms with van der Waals surface area (Å²) in [6, 6.07) is 4.15. The molecule has 3 aromatic heterocycles. The Morgan fingerprint density at radius 1 is 1.42 bits per heavy atom. The highest BCUT2D eigenvalue weighted by Gasteiger charge is 2.14. The lowest BCUT2D eigenvalue weighted by atomic mass is 10.3. The van der Waals surface area contributed by atoms with Crippen molar-refractivity contribution in [1.29, 1.82) is 0 Å². The Bertz CT molecular complexity index is 816. The molecule has 0 aliphatic heterocycles. The number of nitrogens with zero attached hydrogens (tertiary/aromatic N) is 4. The number of rotatable bonds is 8. The highest BCUT2D eigenvalue weighted by Crippen LogP contribution is 2.15. The Morgan fingerprint density at radius 2 is 2.29 bits per heavy atom. The zero-order chi connectivity index (χ0) is 16.9. The van der Waals surface area contributed by atoms with Crippen LogP contribution in [0.2, 0.25) is 0 Å². The number of methoxy groups -OCH3 is 1. The summed E-state index contributed by atoms with van der Waals surface area (Å²) in [7, 11) is 1.69. The van der Waals surface area contributed by atoms with Gasteiger partial charge in [-0.3, -0.25) is 4.90 Å². The number of ether oxygens (including phenoxy) is 1. The van der Waals surface area contributed by atoms with E-state index in [2.05, 4.69) is 26.4 Å². The zero-order valence-electron chi connectivity index (χ0n) is 13.3. The first-order valence-corrected chi connectivity index (χ1v) is 8.34. The van der Waals surface area contributed by atoms with E-state index in [1.165, 1.54) is 15.6 Å². The van der Waals surface area contributed by atoms with Gasteiger partial charge in [0.2, 0.25) is 0 Å². The summed E-state index contributed by atoms with van der Waals surface area (Å²) in [4.78, 5) is 18.9. The van der Waals surface area contributed by atoms with E-state index in [9.17, 15) is 4.79 Å². The van der Waals surface area contributed by atoms with E-state index in [1.807, 2.05) is 12.3 Å². The van der Waals surface area contributed by atoms with Crippen molar-refractivity contribution in [2.45, 2.75) is 13.1 Å². The molecule has 0 amide bonds. The standard InChI is InChI=1S/C16H18N4O3S/c1-23-5-4-19(11-13-3-2-6-24-13)9-12-7-17-15-14(16(21)22)8-18-20(15)10-12/h2-3,6-8,10H,4-5,9,11H2,1H3,(H,21,22). The van der Waals surface area contributed by atoms with Gasteiger partial charge in [0.25, 0.3) is 0 Å². The van der Waals surface area contributed by atoms with Gasteiger partial charge in [0, 0.05) is 49.6 Å². The van der Waals surface area contributed by atoms with Crippen LogP contribution >= 0.6 is 11.3 Å². The molecule has 3 heterocycles. The van der Waals surface area contributed by atoms with Crippen LogP contribution in [-0.4, -0.2) is 50.8 Å². The number of aromatic carboxylic acids is 1. The van der Waals surface area contributed by atoms with Gasteiger partial charge in [0.1, 0.15) is 5.56 Å². The lowest BCUT2D eigenvalue weighted by Gasteiger charge is -2.21. The molecule has 0 radical (unpaired) electrons. The topological polar surface area (TPSA) is 80.0 Å². The Hall–Kier alpha value is -2.29. The van der Waals surface area contributed by atoms with Gasteiger partial charge in [0.15, 0.2) is 5.65 Å². The minimum Gasteiger partial charge on any atom is -0.477 e. The first-order chi connectivity index (χ1) is 11.7. The Kier molecular flexibility index (Phi) is 5.19. The molecule has 8 heteroatoms. The predicted octanol–water partition coefficient (Wildman–Crippen LogP) is 2.14. The summed E-state index contributed by atoms with van der Waals surface area (Å²) in [6.07, 6.45) is 4.85. The summed E-state index contributed by atoms with van der Waals surface area (Å²) in [5.41, 5.74) is 1.43. The van der Waals surface area contributed by atoms with E-state index >= 15 is 0 Å². The predicted molar refractivity (Wildman–Crippen MR) is 90.3 cm³/mol. The molecule has 0 spiro atoms. The molecule has 3 rings (SSSR count). The molecule has 0 bridgehead atoms. The normalized spacial score (nSPS) is 11.4. The van der Waals surface area contributed by atoms with E-state index in [0.717, 1.165) is 18.7 Å². The fourth-order valence-electron chi connectivity index (χ4n) is 2.46. The van der Waals surface area contributed by atoms with Crippen molar-refractivity contribution in [3.63, 3.8) is 0 Å². The van der Waals surface area contributed by atoms with Crippen molar-refractivity contribution >= 4 is 23.0 Å². The number of hydrogen-bond donors (Lipinski definition) is 1. The molecule has 24 heavy (non-hydrogen) atoms. The molecule has 0 atom stereocenters. The highest BCUT2D eigenvalue weighted by atomic mass is 32.1. The summed E-state index contributed by atoms with van der Waals surface area (Å²) >= 11 is 1.72. The Labute approximate surface area is 143 Å². The number of carboxylic acids is 1. The minimum atomic E-state index is -1.02. The van der Waals surface area contributed by atoms with Crippen LogP contribution in [0.1, 0.15) is 20.8 Å². The van der Waals surface area contributed by atoms with Gasteiger partial charge < -0.3 is 9.84 Å². The van der Waals surface area contributed by atoms with E-state index in [0.29, 0.717) is 18.8 Å². The van der Waals surface area contributed by atoms with Gasteiger partial charge in [-0.25, -0.2) is 14.3 Å². The van der Waals surface area contributed by atoms with Gasteiger partial charge in [-0.1, -0.05) is 6.07 Å². The van der Waals surface area contributed by atoms with Crippen molar-refractivity contribution in [3.8, 4) is 0 Å². The molecule has 7 nitrogen and oxygen atoms in total. The SMILES string of the molecule is COCCN(Cc1cnc2c(C(=O)O)cnn2c1)Cc1cccs1. The third kappa shape index (κ3) is 3.78. The lowest BCUT2D eigenvalue weighted by molar-refractivity contribution is 0.0698. The molecule has 126 valence electrons. The highest BCUT2D eigenvalue weighted by molar-refractivity contribution is 7.09. The van der Waals surface area contributed by atoms with E-state index in [-0.39, 0.29) is 5.56 Å². The monoisotopic (exact) mass is 346 g/mol. The molecule has 1 N–H and O–H groups in total. The maximum atomic E-state index is 11.1. The van der Waals surface area contributed by atoms with Crippen LogP contribution in [0, 0.1) is 0 Å². The second kappa shape index (κ2) is 7.52. The van der Waals surface area contributed by atoms with E-state index in [1.54, 1.807) is 24.6 Å². The second-order valence-electron chi connectivity index (χ2n) is 5.38. The Balaban J connectivity index is 1.78. The summed E-state index contributed by atoms with van der Waals surface area (Å²) in [5.74, 6) is -1.02. The fourth-order valence-corrected chi connectivity index (χ4v) is 3.21. The molecule has 0 fully saturated rings. The maximum Gasteiger partial charge on any atom is 0.341 e. The van der Waals surface area contributed by atoms with Gasteiger partial charge >= 0.3 is 5.97 Å². The summed E-state index contributed by atoms with van der Waals surface area (Å²) < 4.78 is 6.70. The van der Waals surface area contributed by atoms with Crippen molar-refractivity contribution in [2.24, 2.45) is 0 Å². The minimum absolute atomic E-state index is 0.108. The van der Waals surface area contributed by atoms with Crippen molar-refractivity contribution in [1.82, 2.24) is 19.5 Å². The maximum absolute atomic E-state index is 11.1. The zero-order valence-corrected chi connectivity index (χ0v) is 14.1. The number of carbonyl (C=O) groups is 1. The number of thiophene rings is 1. The number of carboxylic acid groups (broad SMARTS) is 1. The Morgan fingerprint density at radius 3 is 3.00 bits per heavy atom. The van der Waals surface area contributed by atoms with Gasteiger partial charge in [-0.2, -0.15) is 5.10 Å². The molecule has 0 saturated carbocycles. The van der Waals surface area contributed by atoms with Gasteiger partial charge in [-0.15, -0.1) is 11.3 Å². The van der Waals surface area contributed by atoms with Gasteiger partial charge in [0.05, 0.1) is 12.8 Å². The van der Waals surface area contributed by atoms with Crippen LogP contribution in [-0.2, 0) is 17.8 Å². The van der Waals surface area contributed by atoms with Crippen LogP contribution in [0.4, 0.5) is 0 Å². The third-order valence-electron chi connectivity index (χ3n) is 3.62. The quantitative estimate of drug-likeness (QED) is 0.673. The first kappa shape index (κ1) is 16.6. The molecule has 0 aliphatic carbocycles. The van der Waals surface area contributed by atoms with Crippen LogP contribution in [0.5, 0.6) is 0 Å². The molecule has 0 saturated heterocycles. The van der Waals surface area contributed by atoms with E-state index in [4.69, 9.17) is 9.84 Å². The van der Waals surface area contributed by atoms with Crippen molar-refractivity contribution < 1.29 is 14.6 Å². The molecule has 0 aromatic carbocycles. The third-order valence-corrected chi connectivity index (χ3v) is 4.48. The average Bonchev–Trinajstić information content (AvgIpc) is 3.21. The van der Waals surface area contributed by atoms with Crippen LogP contribution in [0.25, 0.3) is 5.65 Å². The number of aromatic nitrogens is 3. The average molecular weight is 346 g/mol. The second-order valence-corrected chi connectivity index (χ2v) is 6.41. The molecular formula is C16H18N4O3S. The van der Waals surface area contributed by atoms with Crippen molar-refractivity contribution in [2.75, 3.05) is 20.3 Å². The fraction of sp³-hybridized carbons (Fsp3) is 0.312. The molecule has 0 unspecified atom stereocenters. The van der Waals surface area contributed by atoms with Crippen LogP contribution < -0.4 is 0 Å². The summed E-state index contributed by atoms with van der Waals surface area (Å²) in [5, 5.41) is 15.3. The summed E-state index contributed by atoms with van der Waals surface area (Å²) in [6.45, 7) is 2.96. The van der Waals surface area contributed by atoms with Gasteiger partial charge in [-0.05, 0) is 11.4 Å². The van der Waals surface area contributed by atoms with Crippen LogP contribution in [0.15, 0.2) is 36.1 Å². The van der Waals surface area contributed by atoms with E-state index < -0.39 is 5.97 Å². The largest absolute Gasteiger partial charge is 0.477 e. The first-order valence-electron chi connectivity index (χ1n) is 7.46. The molecular weight excluding hydrogens is 328 g/mol. The van der Waals surface area contributed by atoms with Crippen molar-refractivity contribution in [3.05, 3.63) is 52.1 Å². The van der Waals surface area contributed by atoms with Crippen LogP contribution in [0.3, 0.4) is 0 Å². The lowest BCUT2D eigenvalue weighted by Crippen LogP contribution is -2.26. The molecule has 0 aliphatic rings.